The standard InChI is InChI=1S/C11H12O5S/c1-6-11(12)7-4-8(15-2)9(16-3)5-10(7)17(6,13)14/h4-5,12H,1-3H3. The molecule has 92 valence electrons. The Bertz CT molecular complexity index is 613. The Morgan fingerprint density at radius 3 is 2.18 bits per heavy atom. The van der Waals surface area contributed by atoms with Crippen LogP contribution < -0.4 is 9.47 Å². The molecule has 0 spiro atoms. The minimum absolute atomic E-state index is 0.0464. The summed E-state index contributed by atoms with van der Waals surface area (Å²) in [5.41, 5.74) is 0.250. The van der Waals surface area contributed by atoms with Crippen molar-refractivity contribution in [3.8, 4) is 11.5 Å². The van der Waals surface area contributed by atoms with Crippen LogP contribution in [-0.2, 0) is 9.84 Å². The van der Waals surface area contributed by atoms with Gasteiger partial charge in [0.05, 0.1) is 24.0 Å². The normalized spacial score (nSPS) is 16.9. The van der Waals surface area contributed by atoms with Crippen LogP contribution in [0.15, 0.2) is 21.9 Å². The molecule has 2 rings (SSSR count). The first kappa shape index (κ1) is 11.8. The van der Waals surface area contributed by atoms with Gasteiger partial charge in [-0.05, 0) is 13.0 Å². The van der Waals surface area contributed by atoms with Gasteiger partial charge in [-0.1, -0.05) is 0 Å². The summed E-state index contributed by atoms with van der Waals surface area (Å²) in [5.74, 6) is 0.459. The Morgan fingerprint density at radius 2 is 1.65 bits per heavy atom. The predicted molar refractivity (Wildman–Crippen MR) is 62.0 cm³/mol. The molecule has 5 nitrogen and oxygen atoms in total. The van der Waals surface area contributed by atoms with Crippen molar-refractivity contribution in [1.82, 2.24) is 0 Å². The van der Waals surface area contributed by atoms with Crippen LogP contribution in [0.4, 0.5) is 0 Å². The van der Waals surface area contributed by atoms with Crippen molar-refractivity contribution in [2.45, 2.75) is 11.8 Å². The molecule has 0 amide bonds. The largest absolute Gasteiger partial charge is 0.506 e. The molecule has 17 heavy (non-hydrogen) atoms. The number of benzene rings is 1. The Labute approximate surface area is 99.2 Å². The fourth-order valence-corrected chi connectivity index (χ4v) is 3.15. The summed E-state index contributed by atoms with van der Waals surface area (Å²) in [4.78, 5) is -0.00652. The highest BCUT2D eigenvalue weighted by atomic mass is 32.2. The minimum Gasteiger partial charge on any atom is -0.506 e. The average Bonchev–Trinajstić information content (AvgIpc) is 2.49. The maximum absolute atomic E-state index is 11.9. The monoisotopic (exact) mass is 256 g/mol. The van der Waals surface area contributed by atoms with E-state index in [4.69, 9.17) is 9.47 Å². The molecule has 1 aromatic rings. The van der Waals surface area contributed by atoms with Crippen LogP contribution >= 0.6 is 0 Å². The summed E-state index contributed by atoms with van der Waals surface area (Å²) in [7, 11) is -0.729. The quantitative estimate of drug-likeness (QED) is 0.872. The van der Waals surface area contributed by atoms with Crippen LogP contribution in [0.1, 0.15) is 12.5 Å². The van der Waals surface area contributed by atoms with Crippen LogP contribution in [0.2, 0.25) is 0 Å². The van der Waals surface area contributed by atoms with Gasteiger partial charge in [-0.2, -0.15) is 0 Å². The smallest absolute Gasteiger partial charge is 0.207 e. The van der Waals surface area contributed by atoms with Gasteiger partial charge in [0.25, 0.3) is 0 Å². The van der Waals surface area contributed by atoms with Gasteiger partial charge in [-0.25, -0.2) is 8.42 Å². The van der Waals surface area contributed by atoms with E-state index in [0.717, 1.165) is 0 Å². The predicted octanol–water partition coefficient (Wildman–Crippen LogP) is 1.74. The number of methoxy groups -OCH3 is 2. The molecule has 0 fully saturated rings. The number of rotatable bonds is 2. The van der Waals surface area contributed by atoms with E-state index in [1.807, 2.05) is 0 Å². The molecule has 1 N–H and O–H groups in total. The van der Waals surface area contributed by atoms with Gasteiger partial charge in [-0.15, -0.1) is 0 Å². The van der Waals surface area contributed by atoms with Gasteiger partial charge in [0.1, 0.15) is 5.76 Å². The zero-order valence-electron chi connectivity index (χ0n) is 9.64. The number of hydrogen-bond donors (Lipinski definition) is 1. The molecule has 1 heterocycles. The average molecular weight is 256 g/mol. The first-order chi connectivity index (χ1) is 7.93. The number of allylic oxidation sites excluding steroid dienone is 1. The SMILES string of the molecule is COc1cc2c(cc1OC)S(=O)(=O)C(C)=C2O. The van der Waals surface area contributed by atoms with Crippen molar-refractivity contribution in [2.24, 2.45) is 0 Å². The molecule has 0 saturated carbocycles. The molecule has 1 aromatic carbocycles. The van der Waals surface area contributed by atoms with Crippen molar-refractivity contribution < 1.29 is 23.0 Å². The highest BCUT2D eigenvalue weighted by Crippen LogP contribution is 2.43. The molecule has 0 radical (unpaired) electrons. The van der Waals surface area contributed by atoms with Crippen LogP contribution in [0.3, 0.4) is 0 Å². The molecule has 0 aromatic heterocycles. The maximum Gasteiger partial charge on any atom is 0.207 e. The summed E-state index contributed by atoms with van der Waals surface area (Å²) in [6.45, 7) is 1.36. The van der Waals surface area contributed by atoms with Crippen LogP contribution in [0.5, 0.6) is 11.5 Å². The molecule has 0 aliphatic carbocycles. The zero-order valence-corrected chi connectivity index (χ0v) is 10.5. The van der Waals surface area contributed by atoms with E-state index < -0.39 is 9.84 Å². The maximum atomic E-state index is 11.9. The second-order valence-corrected chi connectivity index (χ2v) is 5.67. The van der Waals surface area contributed by atoms with Crippen molar-refractivity contribution in [3.05, 3.63) is 22.6 Å². The fourth-order valence-electron chi connectivity index (χ4n) is 1.75. The second-order valence-electron chi connectivity index (χ2n) is 3.61. The molecular weight excluding hydrogens is 244 g/mol. The third-order valence-electron chi connectivity index (χ3n) is 2.77. The first-order valence-corrected chi connectivity index (χ1v) is 6.33. The van der Waals surface area contributed by atoms with Gasteiger partial charge in [-0.3, -0.25) is 0 Å². The summed E-state index contributed by atoms with van der Waals surface area (Å²) in [5, 5.41) is 9.77. The second kappa shape index (κ2) is 3.66. The zero-order chi connectivity index (χ0) is 12.8. The number of sulfone groups is 1. The lowest BCUT2D eigenvalue weighted by Gasteiger charge is -2.09. The van der Waals surface area contributed by atoms with Crippen LogP contribution in [0, 0.1) is 0 Å². The van der Waals surface area contributed by atoms with Crippen LogP contribution in [0.25, 0.3) is 5.76 Å². The Hall–Kier alpha value is -1.69. The molecule has 0 unspecified atom stereocenters. The van der Waals surface area contributed by atoms with Crippen molar-refractivity contribution in [1.29, 1.82) is 0 Å². The van der Waals surface area contributed by atoms with Crippen LogP contribution in [-0.4, -0.2) is 27.7 Å². The molecule has 6 heteroatoms. The van der Waals surface area contributed by atoms with E-state index in [1.165, 1.54) is 33.3 Å². The Balaban J connectivity index is 2.79. The van der Waals surface area contributed by atoms with E-state index >= 15 is 0 Å². The molecule has 0 bridgehead atoms. The first-order valence-electron chi connectivity index (χ1n) is 4.84. The highest BCUT2D eigenvalue weighted by Gasteiger charge is 2.34. The minimum atomic E-state index is -3.60. The van der Waals surface area contributed by atoms with Crippen molar-refractivity contribution >= 4 is 15.6 Å². The van der Waals surface area contributed by atoms with Gasteiger partial charge >= 0.3 is 0 Å². The summed E-state index contributed by atoms with van der Waals surface area (Å²) in [6, 6.07) is 2.81. The summed E-state index contributed by atoms with van der Waals surface area (Å²) >= 11 is 0. The van der Waals surface area contributed by atoms with E-state index in [2.05, 4.69) is 0 Å². The number of fused-ring (bicyclic) bond motifs is 1. The fraction of sp³-hybridized carbons (Fsp3) is 0.273. The lowest BCUT2D eigenvalue weighted by atomic mass is 10.1. The van der Waals surface area contributed by atoms with Crippen molar-refractivity contribution in [3.63, 3.8) is 0 Å². The number of ether oxygens (including phenoxy) is 2. The van der Waals surface area contributed by atoms with Gasteiger partial charge in [0.15, 0.2) is 11.5 Å². The number of hydrogen-bond acceptors (Lipinski definition) is 5. The Kier molecular flexibility index (Phi) is 2.54. The van der Waals surface area contributed by atoms with Gasteiger partial charge < -0.3 is 14.6 Å². The van der Waals surface area contributed by atoms with E-state index in [0.29, 0.717) is 11.5 Å². The Morgan fingerprint density at radius 1 is 1.12 bits per heavy atom. The molecule has 0 atom stereocenters. The third kappa shape index (κ3) is 1.48. The van der Waals surface area contributed by atoms with Crippen molar-refractivity contribution in [2.75, 3.05) is 14.2 Å². The van der Waals surface area contributed by atoms with E-state index in [1.54, 1.807) is 0 Å². The highest BCUT2D eigenvalue weighted by molar-refractivity contribution is 7.95. The lowest BCUT2D eigenvalue weighted by Crippen LogP contribution is -1.99. The summed E-state index contributed by atoms with van der Waals surface area (Å²) in [6.07, 6.45) is 0. The molecule has 1 aliphatic heterocycles. The topological polar surface area (TPSA) is 72.8 Å². The van der Waals surface area contributed by atoms with E-state index in [-0.39, 0.29) is 21.1 Å². The molecule has 0 saturated heterocycles. The number of aliphatic hydroxyl groups excluding tert-OH is 1. The number of aliphatic hydroxyl groups is 1. The molecular formula is C11H12O5S. The lowest BCUT2D eigenvalue weighted by molar-refractivity contribution is 0.353. The summed E-state index contributed by atoms with van der Waals surface area (Å²) < 4.78 is 34.0. The third-order valence-corrected chi connectivity index (χ3v) is 4.68. The van der Waals surface area contributed by atoms with E-state index in [9.17, 15) is 13.5 Å². The molecule has 1 aliphatic rings. The van der Waals surface area contributed by atoms with Gasteiger partial charge in [0.2, 0.25) is 9.84 Å². The van der Waals surface area contributed by atoms with Gasteiger partial charge in [0, 0.05) is 11.6 Å².